The van der Waals surface area contributed by atoms with Crippen LogP contribution < -0.4 is 5.32 Å². The van der Waals surface area contributed by atoms with Gasteiger partial charge in [-0.3, -0.25) is 4.98 Å². The molecule has 2 amide bonds. The summed E-state index contributed by atoms with van der Waals surface area (Å²) in [6.07, 6.45) is 2.34. The lowest BCUT2D eigenvalue weighted by molar-refractivity contribution is 0.209. The van der Waals surface area contributed by atoms with Crippen molar-refractivity contribution >= 4 is 34.9 Å². The van der Waals surface area contributed by atoms with Crippen molar-refractivity contribution in [3.05, 3.63) is 93.2 Å². The Labute approximate surface area is 181 Å². The fourth-order valence-corrected chi connectivity index (χ4v) is 3.62. The van der Waals surface area contributed by atoms with E-state index in [1.54, 1.807) is 17.2 Å². The van der Waals surface area contributed by atoms with Crippen LogP contribution in [0.2, 0.25) is 10.0 Å². The van der Waals surface area contributed by atoms with E-state index in [2.05, 4.69) is 10.3 Å². The van der Waals surface area contributed by atoms with Crippen LogP contribution in [0.15, 0.2) is 60.8 Å². The number of urea groups is 1. The summed E-state index contributed by atoms with van der Waals surface area (Å²) in [4.78, 5) is 19.2. The second kappa shape index (κ2) is 9.77. The van der Waals surface area contributed by atoms with Gasteiger partial charge in [0.05, 0.1) is 12.2 Å². The van der Waals surface area contributed by atoms with Crippen LogP contribution in [0, 0.1) is 13.8 Å². The van der Waals surface area contributed by atoms with E-state index >= 15 is 0 Å². The molecule has 150 valence electrons. The maximum Gasteiger partial charge on any atom is 0.322 e. The smallest absolute Gasteiger partial charge is 0.318 e. The molecule has 0 radical (unpaired) electrons. The van der Waals surface area contributed by atoms with Gasteiger partial charge in [-0.15, -0.1) is 0 Å². The van der Waals surface area contributed by atoms with E-state index in [1.807, 2.05) is 62.4 Å². The molecule has 2 aromatic carbocycles. The highest BCUT2D eigenvalue weighted by atomic mass is 35.5. The van der Waals surface area contributed by atoms with Gasteiger partial charge in [0.2, 0.25) is 0 Å². The number of rotatable bonds is 6. The van der Waals surface area contributed by atoms with Crippen molar-refractivity contribution in [2.45, 2.75) is 26.8 Å². The topological polar surface area (TPSA) is 45.2 Å². The summed E-state index contributed by atoms with van der Waals surface area (Å²) in [5, 5.41) is 4.26. The number of pyridine rings is 1. The van der Waals surface area contributed by atoms with E-state index in [4.69, 9.17) is 23.2 Å². The Morgan fingerprint density at radius 3 is 2.45 bits per heavy atom. The molecule has 0 aliphatic rings. The van der Waals surface area contributed by atoms with E-state index in [-0.39, 0.29) is 6.03 Å². The third-order valence-electron chi connectivity index (χ3n) is 4.75. The molecule has 1 heterocycles. The zero-order valence-corrected chi connectivity index (χ0v) is 18.0. The number of halogens is 2. The highest BCUT2D eigenvalue weighted by Crippen LogP contribution is 2.23. The average molecular weight is 428 g/mol. The highest BCUT2D eigenvalue weighted by molar-refractivity contribution is 6.35. The molecule has 3 rings (SSSR count). The van der Waals surface area contributed by atoms with Gasteiger partial charge in [0, 0.05) is 28.5 Å². The van der Waals surface area contributed by atoms with Crippen LogP contribution in [-0.2, 0) is 13.0 Å². The molecule has 0 saturated heterocycles. The Morgan fingerprint density at radius 1 is 1.03 bits per heavy atom. The second-order valence-electron chi connectivity index (χ2n) is 6.93. The lowest BCUT2D eigenvalue weighted by Gasteiger charge is -2.24. The highest BCUT2D eigenvalue weighted by Gasteiger charge is 2.17. The summed E-state index contributed by atoms with van der Waals surface area (Å²) in [5.41, 5.74) is 4.66. The number of nitrogens with one attached hydrogen (secondary N) is 1. The first-order chi connectivity index (χ1) is 13.9. The van der Waals surface area contributed by atoms with Gasteiger partial charge in [-0.1, -0.05) is 53.5 Å². The summed E-state index contributed by atoms with van der Waals surface area (Å²) >= 11 is 12.3. The fourth-order valence-electron chi connectivity index (χ4n) is 3.12. The van der Waals surface area contributed by atoms with Crippen molar-refractivity contribution in [2.75, 3.05) is 11.9 Å². The molecule has 0 bridgehead atoms. The Bertz CT molecular complexity index is 972. The molecular weight excluding hydrogens is 405 g/mol. The summed E-state index contributed by atoms with van der Waals surface area (Å²) in [7, 11) is 0. The molecule has 0 spiro atoms. The summed E-state index contributed by atoms with van der Waals surface area (Å²) in [5.74, 6) is 0. The zero-order chi connectivity index (χ0) is 20.8. The number of carbonyl (C=O) groups is 1. The van der Waals surface area contributed by atoms with Crippen LogP contribution in [0.3, 0.4) is 0 Å². The van der Waals surface area contributed by atoms with Gasteiger partial charge >= 0.3 is 6.03 Å². The van der Waals surface area contributed by atoms with Crippen LogP contribution >= 0.6 is 23.2 Å². The van der Waals surface area contributed by atoms with Crippen molar-refractivity contribution in [1.29, 1.82) is 0 Å². The molecule has 0 fully saturated rings. The Kier molecular flexibility index (Phi) is 7.13. The molecule has 1 N–H and O–H groups in total. The SMILES string of the molecule is Cc1cccc(C)c1NC(=O)N(CCc1ccc(Cl)cc1Cl)Cc1ccccn1. The van der Waals surface area contributed by atoms with Crippen molar-refractivity contribution < 1.29 is 4.79 Å². The van der Waals surface area contributed by atoms with E-state index in [9.17, 15) is 4.79 Å². The third-order valence-corrected chi connectivity index (χ3v) is 5.33. The number of aryl methyl sites for hydroxylation is 2. The predicted molar refractivity (Wildman–Crippen MR) is 120 cm³/mol. The van der Waals surface area contributed by atoms with E-state index < -0.39 is 0 Å². The third kappa shape index (κ3) is 5.72. The minimum atomic E-state index is -0.168. The maximum absolute atomic E-state index is 13.1. The van der Waals surface area contributed by atoms with E-state index in [1.165, 1.54) is 0 Å². The number of carbonyl (C=O) groups excluding carboxylic acids is 1. The molecule has 1 aromatic heterocycles. The van der Waals surface area contributed by atoms with Gasteiger partial charge in [0.1, 0.15) is 0 Å². The number of para-hydroxylation sites is 1. The minimum Gasteiger partial charge on any atom is -0.318 e. The fraction of sp³-hybridized carbons (Fsp3) is 0.217. The van der Waals surface area contributed by atoms with Crippen LogP contribution in [0.1, 0.15) is 22.4 Å². The molecular formula is C23H23Cl2N3O. The lowest BCUT2D eigenvalue weighted by atomic mass is 10.1. The molecule has 6 heteroatoms. The standard InChI is InChI=1S/C23H23Cl2N3O/c1-16-6-5-7-17(2)22(16)27-23(29)28(15-20-8-3-4-12-26-20)13-11-18-9-10-19(24)14-21(18)25/h3-10,12,14H,11,13,15H2,1-2H3,(H,27,29). The first-order valence-electron chi connectivity index (χ1n) is 9.40. The quantitative estimate of drug-likeness (QED) is 0.502. The molecule has 0 unspecified atom stereocenters. The number of hydrogen-bond donors (Lipinski definition) is 1. The van der Waals surface area contributed by atoms with Crippen LogP contribution in [0.5, 0.6) is 0 Å². The summed E-state index contributed by atoms with van der Waals surface area (Å²) < 4.78 is 0. The Morgan fingerprint density at radius 2 is 1.79 bits per heavy atom. The number of amides is 2. The van der Waals surface area contributed by atoms with Gasteiger partial charge in [-0.2, -0.15) is 0 Å². The number of anilines is 1. The van der Waals surface area contributed by atoms with Gasteiger partial charge < -0.3 is 10.2 Å². The minimum absolute atomic E-state index is 0.168. The number of benzene rings is 2. The number of aromatic nitrogens is 1. The van der Waals surface area contributed by atoms with Gasteiger partial charge in [0.15, 0.2) is 0 Å². The predicted octanol–water partition coefficient (Wildman–Crippen LogP) is 6.28. The Balaban J connectivity index is 1.79. The van der Waals surface area contributed by atoms with E-state index in [0.29, 0.717) is 29.6 Å². The van der Waals surface area contributed by atoms with Crippen molar-refractivity contribution in [2.24, 2.45) is 0 Å². The largest absolute Gasteiger partial charge is 0.322 e. The zero-order valence-electron chi connectivity index (χ0n) is 16.5. The van der Waals surface area contributed by atoms with E-state index in [0.717, 1.165) is 28.1 Å². The summed E-state index contributed by atoms with van der Waals surface area (Å²) in [6.45, 7) is 4.87. The Hall–Kier alpha value is -2.56. The molecule has 0 aliphatic carbocycles. The van der Waals surface area contributed by atoms with Crippen molar-refractivity contribution in [3.8, 4) is 0 Å². The number of nitrogens with zero attached hydrogens (tertiary/aromatic N) is 2. The average Bonchev–Trinajstić information content (AvgIpc) is 2.70. The first-order valence-corrected chi connectivity index (χ1v) is 10.2. The normalized spacial score (nSPS) is 10.6. The first kappa shape index (κ1) is 21.2. The van der Waals surface area contributed by atoms with Gasteiger partial charge in [-0.25, -0.2) is 4.79 Å². The molecule has 0 aliphatic heterocycles. The molecule has 4 nitrogen and oxygen atoms in total. The second-order valence-corrected chi connectivity index (χ2v) is 7.77. The monoisotopic (exact) mass is 427 g/mol. The van der Waals surface area contributed by atoms with Crippen LogP contribution in [0.4, 0.5) is 10.5 Å². The van der Waals surface area contributed by atoms with Crippen LogP contribution in [0.25, 0.3) is 0 Å². The molecule has 0 saturated carbocycles. The molecule has 29 heavy (non-hydrogen) atoms. The van der Waals surface area contributed by atoms with Crippen molar-refractivity contribution in [1.82, 2.24) is 9.88 Å². The maximum atomic E-state index is 13.1. The molecule has 3 aromatic rings. The van der Waals surface area contributed by atoms with Crippen molar-refractivity contribution in [3.63, 3.8) is 0 Å². The van der Waals surface area contributed by atoms with Gasteiger partial charge in [0.25, 0.3) is 0 Å². The summed E-state index contributed by atoms with van der Waals surface area (Å²) in [6, 6.07) is 16.9. The van der Waals surface area contributed by atoms with Crippen LogP contribution in [-0.4, -0.2) is 22.5 Å². The lowest BCUT2D eigenvalue weighted by Crippen LogP contribution is -2.36. The van der Waals surface area contributed by atoms with Gasteiger partial charge in [-0.05, 0) is 61.2 Å². The number of hydrogen-bond acceptors (Lipinski definition) is 2. The molecule has 0 atom stereocenters.